The third-order valence-electron chi connectivity index (χ3n) is 2.91. The number of nitrogens with one attached hydrogen (secondary N) is 1. The fourth-order valence-electron chi connectivity index (χ4n) is 2.04. The van der Waals surface area contributed by atoms with Gasteiger partial charge in [-0.25, -0.2) is 4.98 Å². The van der Waals surface area contributed by atoms with Crippen molar-refractivity contribution >= 4 is 21.7 Å². The first-order valence-electron chi connectivity index (χ1n) is 5.15. The smallest absolute Gasteiger partial charge is 0.127 e. The quantitative estimate of drug-likeness (QED) is 0.819. The molecule has 3 heteroatoms. The topological polar surface area (TPSA) is 24.9 Å². The minimum absolute atomic E-state index is 0.608. The molecule has 1 aromatic heterocycles. The minimum Gasteiger partial charge on any atom is -0.367 e. The summed E-state index contributed by atoms with van der Waals surface area (Å²) < 4.78 is 0.896. The maximum atomic E-state index is 4.38. The van der Waals surface area contributed by atoms with Gasteiger partial charge in [-0.3, -0.25) is 0 Å². The van der Waals surface area contributed by atoms with Crippen LogP contribution in [-0.4, -0.2) is 11.0 Å². The summed E-state index contributed by atoms with van der Waals surface area (Å²) in [6, 6.07) is 6.59. The van der Waals surface area contributed by atoms with Crippen LogP contribution in [-0.2, 0) is 0 Å². The number of hydrogen-bond acceptors (Lipinski definition) is 2. The third-order valence-corrected chi connectivity index (χ3v) is 3.35. The second-order valence-corrected chi connectivity index (χ2v) is 4.82. The third kappa shape index (κ3) is 2.27. The molecule has 0 saturated heterocycles. The number of anilines is 1. The molecule has 0 bridgehead atoms. The predicted molar refractivity (Wildman–Crippen MR) is 62.4 cm³/mol. The fraction of sp³-hybridized carbons (Fsp3) is 0.545. The van der Waals surface area contributed by atoms with Crippen molar-refractivity contribution in [1.82, 2.24) is 4.98 Å². The van der Waals surface area contributed by atoms with E-state index in [-0.39, 0.29) is 0 Å². The molecule has 0 aliphatic heterocycles. The van der Waals surface area contributed by atoms with Gasteiger partial charge in [0.15, 0.2) is 0 Å². The molecule has 0 aromatic carbocycles. The second kappa shape index (κ2) is 4.30. The molecule has 1 aliphatic carbocycles. The van der Waals surface area contributed by atoms with Crippen molar-refractivity contribution in [2.75, 3.05) is 5.32 Å². The second-order valence-electron chi connectivity index (χ2n) is 4.00. The van der Waals surface area contributed by atoms with E-state index < -0.39 is 0 Å². The van der Waals surface area contributed by atoms with Gasteiger partial charge in [0.05, 0.1) is 0 Å². The molecular weight excluding hydrogens is 240 g/mol. The summed E-state index contributed by atoms with van der Waals surface area (Å²) in [5.74, 6) is 1.76. The minimum atomic E-state index is 0.608. The largest absolute Gasteiger partial charge is 0.367 e. The zero-order chi connectivity index (χ0) is 9.97. The molecule has 0 spiro atoms. The van der Waals surface area contributed by atoms with Crippen molar-refractivity contribution in [3.05, 3.63) is 22.8 Å². The first-order valence-corrected chi connectivity index (χ1v) is 5.94. The first-order chi connectivity index (χ1) is 6.75. The summed E-state index contributed by atoms with van der Waals surface area (Å²) in [7, 11) is 0. The molecule has 14 heavy (non-hydrogen) atoms. The standard InChI is InChI=1S/C11H15BrN2/c1-8-4-2-5-9(8)13-11-7-3-6-10(12)14-11/h3,6-9H,2,4-5H2,1H3,(H,13,14). The van der Waals surface area contributed by atoms with Crippen LogP contribution in [0.4, 0.5) is 5.82 Å². The van der Waals surface area contributed by atoms with Crippen molar-refractivity contribution in [2.45, 2.75) is 32.2 Å². The molecule has 1 N–H and O–H groups in total. The average Bonchev–Trinajstić information content (AvgIpc) is 2.52. The molecule has 2 rings (SSSR count). The van der Waals surface area contributed by atoms with E-state index in [9.17, 15) is 0 Å². The molecule has 1 saturated carbocycles. The van der Waals surface area contributed by atoms with Gasteiger partial charge in [0, 0.05) is 6.04 Å². The van der Waals surface area contributed by atoms with Crippen molar-refractivity contribution in [3.8, 4) is 0 Å². The van der Waals surface area contributed by atoms with Crippen LogP contribution in [0.25, 0.3) is 0 Å². The maximum Gasteiger partial charge on any atom is 0.127 e. The zero-order valence-electron chi connectivity index (χ0n) is 8.33. The lowest BCUT2D eigenvalue weighted by Gasteiger charge is -2.17. The van der Waals surface area contributed by atoms with E-state index in [4.69, 9.17) is 0 Å². The molecule has 76 valence electrons. The maximum absolute atomic E-state index is 4.38. The van der Waals surface area contributed by atoms with E-state index in [1.807, 2.05) is 18.2 Å². The first kappa shape index (κ1) is 9.97. The van der Waals surface area contributed by atoms with Gasteiger partial charge in [0.2, 0.25) is 0 Å². The van der Waals surface area contributed by atoms with Crippen molar-refractivity contribution < 1.29 is 0 Å². The number of nitrogens with zero attached hydrogens (tertiary/aromatic N) is 1. The van der Waals surface area contributed by atoms with Gasteiger partial charge >= 0.3 is 0 Å². The Labute approximate surface area is 93.3 Å². The average molecular weight is 255 g/mol. The van der Waals surface area contributed by atoms with Gasteiger partial charge in [-0.15, -0.1) is 0 Å². The Morgan fingerprint density at radius 2 is 2.29 bits per heavy atom. The highest BCUT2D eigenvalue weighted by molar-refractivity contribution is 9.10. The van der Waals surface area contributed by atoms with Crippen molar-refractivity contribution in [1.29, 1.82) is 0 Å². The molecule has 1 fully saturated rings. The van der Waals surface area contributed by atoms with E-state index in [0.717, 1.165) is 16.3 Å². The molecule has 1 aliphatic rings. The molecule has 2 atom stereocenters. The Balaban J connectivity index is 2.03. The molecular formula is C11H15BrN2. The predicted octanol–water partition coefficient (Wildman–Crippen LogP) is 3.44. The normalized spacial score (nSPS) is 26.4. The summed E-state index contributed by atoms with van der Waals surface area (Å²) in [6.45, 7) is 2.31. The van der Waals surface area contributed by atoms with Crippen LogP contribution in [0.1, 0.15) is 26.2 Å². The van der Waals surface area contributed by atoms with E-state index in [1.165, 1.54) is 19.3 Å². The van der Waals surface area contributed by atoms with E-state index >= 15 is 0 Å². The zero-order valence-corrected chi connectivity index (χ0v) is 9.92. The highest BCUT2D eigenvalue weighted by Gasteiger charge is 2.23. The van der Waals surface area contributed by atoms with Gasteiger partial charge in [-0.2, -0.15) is 0 Å². The highest BCUT2D eigenvalue weighted by Crippen LogP contribution is 2.27. The van der Waals surface area contributed by atoms with Gasteiger partial charge in [0.25, 0.3) is 0 Å². The van der Waals surface area contributed by atoms with Gasteiger partial charge < -0.3 is 5.32 Å². The van der Waals surface area contributed by atoms with Crippen LogP contribution in [0.15, 0.2) is 22.8 Å². The summed E-state index contributed by atoms with van der Waals surface area (Å²) in [4.78, 5) is 4.38. The molecule has 2 unspecified atom stereocenters. The van der Waals surface area contributed by atoms with E-state index in [0.29, 0.717) is 6.04 Å². The number of aromatic nitrogens is 1. The number of pyridine rings is 1. The Morgan fingerprint density at radius 3 is 2.93 bits per heavy atom. The Morgan fingerprint density at radius 1 is 1.43 bits per heavy atom. The Bertz CT molecular complexity index is 314. The molecule has 1 aromatic rings. The summed E-state index contributed by atoms with van der Waals surface area (Å²) in [6.07, 6.45) is 3.95. The molecule has 1 heterocycles. The van der Waals surface area contributed by atoms with Crippen LogP contribution in [0, 0.1) is 5.92 Å². The fourth-order valence-corrected chi connectivity index (χ4v) is 2.38. The van der Waals surface area contributed by atoms with Crippen LogP contribution >= 0.6 is 15.9 Å². The lowest BCUT2D eigenvalue weighted by atomic mass is 10.1. The van der Waals surface area contributed by atoms with Crippen molar-refractivity contribution in [2.24, 2.45) is 5.92 Å². The SMILES string of the molecule is CC1CCCC1Nc1cccc(Br)n1. The molecule has 0 radical (unpaired) electrons. The lowest BCUT2D eigenvalue weighted by Crippen LogP contribution is -2.22. The van der Waals surface area contributed by atoms with Crippen molar-refractivity contribution in [3.63, 3.8) is 0 Å². The van der Waals surface area contributed by atoms with Crippen LogP contribution < -0.4 is 5.32 Å². The Kier molecular flexibility index (Phi) is 3.06. The summed E-state index contributed by atoms with van der Waals surface area (Å²) in [5, 5.41) is 3.49. The van der Waals surface area contributed by atoms with Gasteiger partial charge in [0.1, 0.15) is 10.4 Å². The summed E-state index contributed by atoms with van der Waals surface area (Å²) >= 11 is 3.38. The van der Waals surface area contributed by atoms with Crippen LogP contribution in [0.2, 0.25) is 0 Å². The van der Waals surface area contributed by atoms with Gasteiger partial charge in [-0.05, 0) is 46.8 Å². The van der Waals surface area contributed by atoms with E-state index in [1.54, 1.807) is 0 Å². The Hall–Kier alpha value is -0.570. The molecule has 2 nitrogen and oxygen atoms in total. The van der Waals surface area contributed by atoms with Crippen LogP contribution in [0.3, 0.4) is 0 Å². The highest BCUT2D eigenvalue weighted by atomic mass is 79.9. The van der Waals surface area contributed by atoms with Gasteiger partial charge in [-0.1, -0.05) is 19.4 Å². The monoisotopic (exact) mass is 254 g/mol. The summed E-state index contributed by atoms with van der Waals surface area (Å²) in [5.41, 5.74) is 0. The number of halogens is 1. The number of rotatable bonds is 2. The number of hydrogen-bond donors (Lipinski definition) is 1. The lowest BCUT2D eigenvalue weighted by molar-refractivity contribution is 0.555. The van der Waals surface area contributed by atoms with E-state index in [2.05, 4.69) is 33.2 Å². The van der Waals surface area contributed by atoms with Crippen LogP contribution in [0.5, 0.6) is 0 Å². The molecule has 0 amide bonds.